The molecular formula is C17H19FN2O. The molecule has 0 aliphatic rings. The van der Waals surface area contributed by atoms with E-state index in [1.165, 1.54) is 12.1 Å². The van der Waals surface area contributed by atoms with Crippen molar-refractivity contribution in [3.63, 3.8) is 0 Å². The van der Waals surface area contributed by atoms with Gasteiger partial charge in [0, 0.05) is 5.56 Å². The Hall–Kier alpha value is -2.20. The van der Waals surface area contributed by atoms with Crippen LogP contribution in [0.25, 0.3) is 0 Å². The minimum atomic E-state index is -0.284. The van der Waals surface area contributed by atoms with E-state index < -0.39 is 0 Å². The number of carbonyl (C=O) groups excluding carboxylic acids is 1. The Morgan fingerprint density at radius 1 is 1.14 bits per heavy atom. The third kappa shape index (κ3) is 4.13. The lowest BCUT2D eigenvalue weighted by Crippen LogP contribution is -2.26. The van der Waals surface area contributed by atoms with Crippen molar-refractivity contribution in [2.75, 3.05) is 6.54 Å². The lowest BCUT2D eigenvalue weighted by atomic mass is 10.1. The molecule has 2 rings (SSSR count). The Bertz CT molecular complexity index is 593. The lowest BCUT2D eigenvalue weighted by molar-refractivity contribution is 0.0940. The molecule has 110 valence electrons. The first-order chi connectivity index (χ1) is 10.1. The van der Waals surface area contributed by atoms with E-state index in [1.807, 2.05) is 19.1 Å². The largest absolute Gasteiger partial charge is 0.346 e. The van der Waals surface area contributed by atoms with Gasteiger partial charge in [0.15, 0.2) is 0 Å². The van der Waals surface area contributed by atoms with Crippen molar-refractivity contribution in [3.05, 3.63) is 71.0 Å². The van der Waals surface area contributed by atoms with Gasteiger partial charge in [0.25, 0.3) is 5.91 Å². The van der Waals surface area contributed by atoms with Crippen molar-refractivity contribution in [1.82, 2.24) is 5.32 Å². The normalized spacial score (nSPS) is 12.0. The minimum absolute atomic E-state index is 0.147. The molecule has 0 aliphatic heterocycles. The molecule has 1 amide bonds. The van der Waals surface area contributed by atoms with Crippen LogP contribution in [0.2, 0.25) is 0 Å². The van der Waals surface area contributed by atoms with E-state index in [0.717, 1.165) is 17.5 Å². The number of amides is 1. The molecule has 1 atom stereocenters. The van der Waals surface area contributed by atoms with Gasteiger partial charge in [0.05, 0.1) is 6.04 Å². The second kappa shape index (κ2) is 6.99. The Labute approximate surface area is 124 Å². The Morgan fingerprint density at radius 3 is 2.33 bits per heavy atom. The van der Waals surface area contributed by atoms with Crippen molar-refractivity contribution in [1.29, 1.82) is 0 Å². The number of halogens is 1. The SMILES string of the molecule is C[C@H](NC(=O)c1ccc(CCN)cc1)c1ccc(F)cc1. The van der Waals surface area contributed by atoms with Crippen LogP contribution in [0.1, 0.15) is 34.5 Å². The summed E-state index contributed by atoms with van der Waals surface area (Å²) in [6, 6.07) is 13.3. The average Bonchev–Trinajstić information content (AvgIpc) is 2.49. The molecule has 2 aromatic carbocycles. The number of benzene rings is 2. The monoisotopic (exact) mass is 286 g/mol. The summed E-state index contributed by atoms with van der Waals surface area (Å²) in [6.45, 7) is 2.46. The highest BCUT2D eigenvalue weighted by molar-refractivity contribution is 5.94. The molecule has 0 spiro atoms. The van der Waals surface area contributed by atoms with Gasteiger partial charge in [-0.1, -0.05) is 24.3 Å². The molecule has 3 nitrogen and oxygen atoms in total. The van der Waals surface area contributed by atoms with Gasteiger partial charge in [0.1, 0.15) is 5.82 Å². The summed E-state index contributed by atoms with van der Waals surface area (Å²) in [5.74, 6) is -0.432. The highest BCUT2D eigenvalue weighted by Crippen LogP contribution is 2.14. The predicted molar refractivity (Wildman–Crippen MR) is 81.5 cm³/mol. The molecule has 0 aliphatic carbocycles. The summed E-state index contributed by atoms with van der Waals surface area (Å²) in [5, 5.41) is 2.90. The number of hydrogen-bond acceptors (Lipinski definition) is 2. The molecule has 0 radical (unpaired) electrons. The van der Waals surface area contributed by atoms with Crippen LogP contribution < -0.4 is 11.1 Å². The van der Waals surface area contributed by atoms with Crippen LogP contribution in [0.15, 0.2) is 48.5 Å². The van der Waals surface area contributed by atoms with Gasteiger partial charge < -0.3 is 11.1 Å². The molecule has 21 heavy (non-hydrogen) atoms. The van der Waals surface area contributed by atoms with E-state index in [2.05, 4.69) is 5.32 Å². The van der Waals surface area contributed by atoms with E-state index >= 15 is 0 Å². The van der Waals surface area contributed by atoms with Gasteiger partial charge in [-0.2, -0.15) is 0 Å². The van der Waals surface area contributed by atoms with Crippen LogP contribution in [-0.2, 0) is 6.42 Å². The summed E-state index contributed by atoms with van der Waals surface area (Å²) in [4.78, 5) is 12.2. The number of rotatable bonds is 5. The van der Waals surface area contributed by atoms with Gasteiger partial charge in [-0.25, -0.2) is 4.39 Å². The zero-order valence-corrected chi connectivity index (χ0v) is 12.0. The number of nitrogens with two attached hydrogens (primary N) is 1. The molecule has 3 N–H and O–H groups in total. The number of hydrogen-bond donors (Lipinski definition) is 2. The third-order valence-electron chi connectivity index (χ3n) is 3.37. The lowest BCUT2D eigenvalue weighted by Gasteiger charge is -2.14. The maximum Gasteiger partial charge on any atom is 0.251 e. The van der Waals surface area contributed by atoms with Gasteiger partial charge in [0.2, 0.25) is 0 Å². The standard InChI is InChI=1S/C17H19FN2O/c1-12(14-6-8-16(18)9-7-14)20-17(21)15-4-2-13(3-5-15)10-11-19/h2-9,12H,10-11,19H2,1H3,(H,20,21)/t12-/m0/s1. The van der Waals surface area contributed by atoms with E-state index in [1.54, 1.807) is 24.3 Å². The summed E-state index contributed by atoms with van der Waals surface area (Å²) in [6.07, 6.45) is 0.799. The van der Waals surface area contributed by atoms with Crippen LogP contribution in [0.3, 0.4) is 0 Å². The molecule has 0 aromatic heterocycles. The third-order valence-corrected chi connectivity index (χ3v) is 3.37. The minimum Gasteiger partial charge on any atom is -0.346 e. The van der Waals surface area contributed by atoms with E-state index in [4.69, 9.17) is 5.73 Å². The summed E-state index contributed by atoms with van der Waals surface area (Å²) < 4.78 is 12.9. The van der Waals surface area contributed by atoms with Crippen LogP contribution in [0, 0.1) is 5.82 Å². The molecule has 2 aromatic rings. The maximum absolute atomic E-state index is 12.9. The first-order valence-corrected chi connectivity index (χ1v) is 6.95. The quantitative estimate of drug-likeness (QED) is 0.888. The van der Waals surface area contributed by atoms with Crippen molar-refractivity contribution < 1.29 is 9.18 Å². The first kappa shape index (κ1) is 15.2. The second-order valence-electron chi connectivity index (χ2n) is 4.98. The fraction of sp³-hybridized carbons (Fsp3) is 0.235. The molecule has 0 unspecified atom stereocenters. The van der Waals surface area contributed by atoms with Crippen molar-refractivity contribution in [2.24, 2.45) is 5.73 Å². The van der Waals surface area contributed by atoms with Gasteiger partial charge in [-0.3, -0.25) is 4.79 Å². The van der Waals surface area contributed by atoms with Gasteiger partial charge in [-0.05, 0) is 55.3 Å². The highest BCUT2D eigenvalue weighted by atomic mass is 19.1. The van der Waals surface area contributed by atoms with Crippen LogP contribution >= 0.6 is 0 Å². The first-order valence-electron chi connectivity index (χ1n) is 6.95. The van der Waals surface area contributed by atoms with Gasteiger partial charge >= 0.3 is 0 Å². The van der Waals surface area contributed by atoms with Crippen LogP contribution in [-0.4, -0.2) is 12.5 Å². The molecule has 4 heteroatoms. The topological polar surface area (TPSA) is 55.1 Å². The molecule has 0 saturated heterocycles. The summed E-state index contributed by atoms with van der Waals surface area (Å²) in [5.41, 5.74) is 8.07. The summed E-state index contributed by atoms with van der Waals surface area (Å²) in [7, 11) is 0. The van der Waals surface area contributed by atoms with E-state index in [-0.39, 0.29) is 17.8 Å². The van der Waals surface area contributed by atoms with Crippen molar-refractivity contribution in [3.8, 4) is 0 Å². The zero-order valence-electron chi connectivity index (χ0n) is 12.0. The van der Waals surface area contributed by atoms with E-state index in [9.17, 15) is 9.18 Å². The molecule has 0 heterocycles. The second-order valence-corrected chi connectivity index (χ2v) is 4.98. The van der Waals surface area contributed by atoms with E-state index in [0.29, 0.717) is 12.1 Å². The molecule has 0 saturated carbocycles. The predicted octanol–water partition coefficient (Wildman–Crippen LogP) is 2.82. The Kier molecular flexibility index (Phi) is 5.06. The number of carbonyl (C=O) groups is 1. The van der Waals surface area contributed by atoms with Crippen molar-refractivity contribution >= 4 is 5.91 Å². The molecule has 0 bridgehead atoms. The Morgan fingerprint density at radius 2 is 1.76 bits per heavy atom. The maximum atomic E-state index is 12.9. The fourth-order valence-electron chi connectivity index (χ4n) is 2.10. The van der Waals surface area contributed by atoms with Crippen LogP contribution in [0.5, 0.6) is 0 Å². The zero-order chi connectivity index (χ0) is 15.2. The molecule has 0 fully saturated rings. The number of nitrogens with one attached hydrogen (secondary N) is 1. The average molecular weight is 286 g/mol. The van der Waals surface area contributed by atoms with Crippen molar-refractivity contribution in [2.45, 2.75) is 19.4 Å². The summed E-state index contributed by atoms with van der Waals surface area (Å²) >= 11 is 0. The highest BCUT2D eigenvalue weighted by Gasteiger charge is 2.11. The van der Waals surface area contributed by atoms with Gasteiger partial charge in [-0.15, -0.1) is 0 Å². The smallest absolute Gasteiger partial charge is 0.251 e. The Balaban J connectivity index is 2.01. The molecular weight excluding hydrogens is 267 g/mol. The van der Waals surface area contributed by atoms with Crippen LogP contribution in [0.4, 0.5) is 4.39 Å². The fourth-order valence-corrected chi connectivity index (χ4v) is 2.10.